The van der Waals surface area contributed by atoms with Gasteiger partial charge in [-0.05, 0) is 24.3 Å². The molecule has 0 unspecified atom stereocenters. The number of alkyl halides is 6. The molecule has 0 aliphatic rings. The molecular formula is C13H15F6IN4O2. The zero-order valence-electron chi connectivity index (χ0n) is 13.2. The first-order valence-corrected chi connectivity index (χ1v) is 6.59. The highest BCUT2D eigenvalue weighted by Gasteiger charge is 2.31. The van der Waals surface area contributed by atoms with E-state index < -0.39 is 37.3 Å². The molecule has 0 aromatic heterocycles. The number of benzene rings is 1. The third kappa shape index (κ3) is 10.1. The van der Waals surface area contributed by atoms with Crippen LogP contribution < -0.4 is 15.8 Å². The lowest BCUT2D eigenvalue weighted by Crippen LogP contribution is -2.37. The average Bonchev–Trinajstić information content (AvgIpc) is 2.43. The van der Waals surface area contributed by atoms with Gasteiger partial charge in [0.2, 0.25) is 5.91 Å². The Morgan fingerprint density at radius 3 is 2.19 bits per heavy atom. The molecule has 0 bridgehead atoms. The molecule has 0 atom stereocenters. The van der Waals surface area contributed by atoms with Crippen molar-refractivity contribution in [3.8, 4) is 5.75 Å². The second-order valence-electron chi connectivity index (χ2n) is 4.76. The summed E-state index contributed by atoms with van der Waals surface area (Å²) in [5.74, 6) is -1.65. The maximum Gasteiger partial charge on any atom is 0.573 e. The quantitative estimate of drug-likeness (QED) is 0.282. The Labute approximate surface area is 161 Å². The van der Waals surface area contributed by atoms with Crippen molar-refractivity contribution >= 4 is 41.5 Å². The largest absolute Gasteiger partial charge is 0.573 e. The Morgan fingerprint density at radius 2 is 1.73 bits per heavy atom. The SMILES string of the molecule is CN(CC(F)(F)F)C(=O)CN=C(N)Nc1ccc(OC(F)(F)F)cc1.I. The minimum atomic E-state index is -4.82. The summed E-state index contributed by atoms with van der Waals surface area (Å²) >= 11 is 0. The van der Waals surface area contributed by atoms with Crippen LogP contribution in [0.4, 0.5) is 32.0 Å². The number of ether oxygens (including phenoxy) is 1. The van der Waals surface area contributed by atoms with E-state index in [1.54, 1.807) is 0 Å². The average molecular weight is 500 g/mol. The number of halogens is 7. The molecule has 1 rings (SSSR count). The lowest BCUT2D eigenvalue weighted by Gasteiger charge is -2.18. The number of nitrogens with zero attached hydrogens (tertiary/aromatic N) is 2. The van der Waals surface area contributed by atoms with Crippen LogP contribution >= 0.6 is 24.0 Å². The molecule has 0 aliphatic carbocycles. The van der Waals surface area contributed by atoms with Gasteiger partial charge >= 0.3 is 12.5 Å². The Kier molecular flexibility index (Phi) is 8.96. The maximum absolute atomic E-state index is 12.1. The predicted octanol–water partition coefficient (Wildman–Crippen LogP) is 2.95. The lowest BCUT2D eigenvalue weighted by molar-refractivity contribution is -0.274. The number of hydrogen-bond acceptors (Lipinski definition) is 3. The number of amides is 1. The predicted molar refractivity (Wildman–Crippen MR) is 92.3 cm³/mol. The van der Waals surface area contributed by atoms with Crippen molar-refractivity contribution in [2.24, 2.45) is 10.7 Å². The van der Waals surface area contributed by atoms with Gasteiger partial charge in [-0.15, -0.1) is 37.1 Å². The molecule has 0 saturated heterocycles. The van der Waals surface area contributed by atoms with Gasteiger partial charge < -0.3 is 20.7 Å². The number of guanidine groups is 1. The summed E-state index contributed by atoms with van der Waals surface area (Å²) in [4.78, 5) is 15.5. The van der Waals surface area contributed by atoms with Crippen molar-refractivity contribution in [1.29, 1.82) is 0 Å². The number of carbonyl (C=O) groups is 1. The molecule has 1 amide bonds. The normalized spacial score (nSPS) is 12.2. The van der Waals surface area contributed by atoms with Crippen molar-refractivity contribution in [2.45, 2.75) is 12.5 Å². The van der Waals surface area contributed by atoms with Crippen LogP contribution in [0.2, 0.25) is 0 Å². The van der Waals surface area contributed by atoms with Crippen LogP contribution in [0.5, 0.6) is 5.75 Å². The van der Waals surface area contributed by atoms with Crippen LogP contribution in [0.25, 0.3) is 0 Å². The van der Waals surface area contributed by atoms with E-state index in [9.17, 15) is 31.1 Å². The Bertz CT molecular complexity index is 619. The first-order chi connectivity index (χ1) is 11.4. The minimum absolute atomic E-state index is 0. The second-order valence-corrected chi connectivity index (χ2v) is 4.76. The highest BCUT2D eigenvalue weighted by atomic mass is 127. The van der Waals surface area contributed by atoms with E-state index in [2.05, 4.69) is 15.0 Å². The second kappa shape index (κ2) is 9.68. The molecule has 1 aromatic rings. The van der Waals surface area contributed by atoms with Crippen molar-refractivity contribution < 1.29 is 35.9 Å². The van der Waals surface area contributed by atoms with Crippen molar-refractivity contribution in [3.05, 3.63) is 24.3 Å². The zero-order valence-corrected chi connectivity index (χ0v) is 15.5. The number of likely N-dealkylation sites (N-methyl/N-ethyl adjacent to an activating group) is 1. The molecule has 148 valence electrons. The third-order valence-corrected chi connectivity index (χ3v) is 2.59. The van der Waals surface area contributed by atoms with Crippen LogP contribution in [0.1, 0.15) is 0 Å². The third-order valence-electron chi connectivity index (χ3n) is 2.59. The highest BCUT2D eigenvalue weighted by Crippen LogP contribution is 2.23. The number of rotatable bonds is 5. The molecule has 6 nitrogen and oxygen atoms in total. The number of carbonyl (C=O) groups excluding carboxylic acids is 1. The zero-order chi connectivity index (χ0) is 19.3. The summed E-state index contributed by atoms with van der Waals surface area (Å²) in [6, 6.07) is 4.46. The molecule has 13 heteroatoms. The number of aliphatic imine (C=N–C) groups is 1. The summed E-state index contributed by atoms with van der Waals surface area (Å²) in [7, 11) is 0.967. The summed E-state index contributed by atoms with van der Waals surface area (Å²) in [5, 5.41) is 2.47. The molecule has 26 heavy (non-hydrogen) atoms. The van der Waals surface area contributed by atoms with Gasteiger partial charge in [0.25, 0.3) is 0 Å². The summed E-state index contributed by atoms with van der Waals surface area (Å²) in [6.07, 6.45) is -9.35. The molecule has 0 radical (unpaired) electrons. The molecule has 3 N–H and O–H groups in total. The standard InChI is InChI=1S/C13H14F6N4O2.HI/c1-23(7-12(14,15)16)10(24)6-21-11(20)22-8-2-4-9(5-3-8)25-13(17,18)19;/h2-5H,6-7H2,1H3,(H3,20,21,22);1H. The fraction of sp³-hybridized carbons (Fsp3) is 0.385. The lowest BCUT2D eigenvalue weighted by atomic mass is 10.3. The monoisotopic (exact) mass is 500 g/mol. The van der Waals surface area contributed by atoms with Crippen molar-refractivity contribution in [2.75, 3.05) is 25.5 Å². The Balaban J connectivity index is 0.00000625. The minimum Gasteiger partial charge on any atom is -0.406 e. The van der Waals surface area contributed by atoms with Gasteiger partial charge in [0.15, 0.2) is 5.96 Å². The maximum atomic E-state index is 12.1. The first kappa shape index (κ1) is 24.1. The van der Waals surface area contributed by atoms with Gasteiger partial charge in [0.1, 0.15) is 18.8 Å². The fourth-order valence-corrected chi connectivity index (χ4v) is 1.56. The number of anilines is 1. The summed E-state index contributed by atoms with van der Waals surface area (Å²) in [6.45, 7) is -2.05. The van der Waals surface area contributed by atoms with Crippen LogP contribution in [0.3, 0.4) is 0 Å². The van der Waals surface area contributed by atoms with E-state index >= 15 is 0 Å². The van der Waals surface area contributed by atoms with Gasteiger partial charge in [-0.25, -0.2) is 4.99 Å². The van der Waals surface area contributed by atoms with Crippen molar-refractivity contribution in [1.82, 2.24) is 4.90 Å². The topological polar surface area (TPSA) is 80.0 Å². The Morgan fingerprint density at radius 1 is 1.19 bits per heavy atom. The van der Waals surface area contributed by atoms with Gasteiger partial charge in [-0.1, -0.05) is 0 Å². The molecule has 0 fully saturated rings. The molecule has 1 aromatic carbocycles. The van der Waals surface area contributed by atoms with E-state index in [0.717, 1.165) is 19.2 Å². The van der Waals surface area contributed by atoms with Gasteiger partial charge in [0.05, 0.1) is 0 Å². The summed E-state index contributed by atoms with van der Waals surface area (Å²) in [5.41, 5.74) is 5.70. The molecular weight excluding hydrogens is 485 g/mol. The highest BCUT2D eigenvalue weighted by molar-refractivity contribution is 14.0. The van der Waals surface area contributed by atoms with E-state index in [1.807, 2.05) is 0 Å². The molecule has 0 aliphatic heterocycles. The number of nitrogens with one attached hydrogen (secondary N) is 1. The molecule has 0 heterocycles. The van der Waals surface area contributed by atoms with Crippen LogP contribution in [-0.2, 0) is 4.79 Å². The van der Waals surface area contributed by atoms with E-state index in [0.29, 0.717) is 4.90 Å². The van der Waals surface area contributed by atoms with Crippen LogP contribution in [0, 0.1) is 0 Å². The molecule has 0 spiro atoms. The number of hydrogen-bond donors (Lipinski definition) is 2. The van der Waals surface area contributed by atoms with Gasteiger partial charge in [0, 0.05) is 12.7 Å². The smallest absolute Gasteiger partial charge is 0.406 e. The van der Waals surface area contributed by atoms with E-state index in [1.165, 1.54) is 12.1 Å². The van der Waals surface area contributed by atoms with Gasteiger partial charge in [-0.2, -0.15) is 13.2 Å². The van der Waals surface area contributed by atoms with Gasteiger partial charge in [-0.3, -0.25) is 4.79 Å². The van der Waals surface area contributed by atoms with E-state index in [4.69, 9.17) is 5.73 Å². The fourth-order valence-electron chi connectivity index (χ4n) is 1.56. The number of nitrogens with two attached hydrogens (primary N) is 1. The van der Waals surface area contributed by atoms with E-state index in [-0.39, 0.29) is 35.6 Å². The Hall–Kier alpha value is -1.93. The van der Waals surface area contributed by atoms with Crippen LogP contribution in [0.15, 0.2) is 29.3 Å². The first-order valence-electron chi connectivity index (χ1n) is 6.59. The van der Waals surface area contributed by atoms with Crippen molar-refractivity contribution in [3.63, 3.8) is 0 Å². The summed E-state index contributed by atoms with van der Waals surface area (Å²) < 4.78 is 76.1. The molecule has 0 saturated carbocycles. The van der Waals surface area contributed by atoms with Crippen LogP contribution in [-0.4, -0.2) is 49.4 Å².